The van der Waals surface area contributed by atoms with Gasteiger partial charge >= 0.3 is 5.97 Å². The maximum atomic E-state index is 11.9. The molecule has 0 radical (unpaired) electrons. The van der Waals surface area contributed by atoms with Crippen LogP contribution >= 0.6 is 0 Å². The summed E-state index contributed by atoms with van der Waals surface area (Å²) in [5, 5.41) is 0. The van der Waals surface area contributed by atoms with Gasteiger partial charge in [0.25, 0.3) is 0 Å². The molecular formula is C15H29N3O2. The van der Waals surface area contributed by atoms with Crippen molar-refractivity contribution in [3.63, 3.8) is 0 Å². The Balaban J connectivity index is 1.92. The van der Waals surface area contributed by atoms with E-state index in [-0.39, 0.29) is 5.97 Å². The molecule has 2 rings (SSSR count). The third kappa shape index (κ3) is 3.32. The van der Waals surface area contributed by atoms with Crippen LogP contribution < -0.4 is 5.73 Å². The van der Waals surface area contributed by atoms with Gasteiger partial charge in [0, 0.05) is 18.6 Å². The summed E-state index contributed by atoms with van der Waals surface area (Å²) in [5.41, 5.74) is 5.48. The first-order chi connectivity index (χ1) is 9.46. The highest BCUT2D eigenvalue weighted by molar-refractivity contribution is 5.80. The van der Waals surface area contributed by atoms with E-state index in [4.69, 9.17) is 10.5 Å². The monoisotopic (exact) mass is 283 g/mol. The Morgan fingerprint density at radius 3 is 2.80 bits per heavy atom. The molecule has 1 heterocycles. The van der Waals surface area contributed by atoms with Crippen molar-refractivity contribution >= 4 is 5.97 Å². The first kappa shape index (κ1) is 15.7. The Kier molecular flexibility index (Phi) is 5.04. The molecule has 0 spiro atoms. The van der Waals surface area contributed by atoms with Crippen molar-refractivity contribution < 1.29 is 9.53 Å². The van der Waals surface area contributed by atoms with E-state index in [9.17, 15) is 4.79 Å². The van der Waals surface area contributed by atoms with Crippen LogP contribution in [0, 0.1) is 0 Å². The molecule has 0 aromatic heterocycles. The summed E-state index contributed by atoms with van der Waals surface area (Å²) in [4.78, 5) is 16.7. The van der Waals surface area contributed by atoms with Gasteiger partial charge < -0.3 is 20.3 Å². The van der Waals surface area contributed by atoms with Crippen molar-refractivity contribution in [1.82, 2.24) is 9.80 Å². The lowest BCUT2D eigenvalue weighted by atomic mass is 9.79. The third-order valence-electron chi connectivity index (χ3n) is 5.15. The summed E-state index contributed by atoms with van der Waals surface area (Å²) in [6.45, 7) is 2.27. The maximum Gasteiger partial charge on any atom is 0.325 e. The molecule has 0 amide bonds. The van der Waals surface area contributed by atoms with Crippen LogP contribution in [0.5, 0.6) is 0 Å². The van der Waals surface area contributed by atoms with Crippen molar-refractivity contribution in [2.45, 2.75) is 56.1 Å². The number of nitrogens with zero attached hydrogens (tertiary/aromatic N) is 2. The Hall–Kier alpha value is -0.650. The van der Waals surface area contributed by atoms with Crippen LogP contribution in [0.1, 0.15) is 38.5 Å². The van der Waals surface area contributed by atoms with Gasteiger partial charge in [-0.25, -0.2) is 0 Å². The van der Waals surface area contributed by atoms with Crippen molar-refractivity contribution in [3.05, 3.63) is 0 Å². The highest BCUT2D eigenvalue weighted by Gasteiger charge is 2.41. The second kappa shape index (κ2) is 6.41. The minimum absolute atomic E-state index is 0.256. The highest BCUT2D eigenvalue weighted by atomic mass is 16.5. The van der Waals surface area contributed by atoms with Gasteiger partial charge in [-0.05, 0) is 59.2 Å². The average Bonchev–Trinajstić information content (AvgIpc) is 2.83. The van der Waals surface area contributed by atoms with Gasteiger partial charge in [0.1, 0.15) is 5.54 Å². The van der Waals surface area contributed by atoms with Crippen molar-refractivity contribution in [2.24, 2.45) is 5.73 Å². The molecule has 2 fully saturated rings. The summed E-state index contributed by atoms with van der Waals surface area (Å²) < 4.78 is 4.88. The van der Waals surface area contributed by atoms with Crippen LogP contribution in [0.25, 0.3) is 0 Å². The molecule has 3 atom stereocenters. The lowest BCUT2D eigenvalue weighted by Crippen LogP contribution is -2.56. The van der Waals surface area contributed by atoms with Gasteiger partial charge in [0.2, 0.25) is 0 Å². The highest BCUT2D eigenvalue weighted by Crippen LogP contribution is 2.30. The molecule has 1 aliphatic carbocycles. The molecular weight excluding hydrogens is 254 g/mol. The average molecular weight is 283 g/mol. The SMILES string of the molecule is COC(=O)C1(N)CCCC(N(C)CC2CCCN2C)C1. The number of hydrogen-bond acceptors (Lipinski definition) is 5. The number of rotatable bonds is 4. The predicted octanol–water partition coefficient (Wildman–Crippen LogP) is 0.826. The number of esters is 1. The number of carbonyl (C=O) groups is 1. The van der Waals surface area contributed by atoms with Gasteiger partial charge in [-0.2, -0.15) is 0 Å². The zero-order chi connectivity index (χ0) is 14.8. The van der Waals surface area contributed by atoms with Crippen LogP contribution in [0.15, 0.2) is 0 Å². The van der Waals surface area contributed by atoms with Crippen molar-refractivity contribution in [2.75, 3.05) is 34.3 Å². The van der Waals surface area contributed by atoms with Gasteiger partial charge in [-0.15, -0.1) is 0 Å². The van der Waals surface area contributed by atoms with E-state index in [1.807, 2.05) is 0 Å². The molecule has 20 heavy (non-hydrogen) atoms. The number of hydrogen-bond donors (Lipinski definition) is 1. The number of ether oxygens (including phenoxy) is 1. The van der Waals surface area contributed by atoms with Crippen LogP contribution in [0.3, 0.4) is 0 Å². The van der Waals surface area contributed by atoms with E-state index >= 15 is 0 Å². The fourth-order valence-corrected chi connectivity index (χ4v) is 3.73. The zero-order valence-electron chi connectivity index (χ0n) is 13.1. The smallest absolute Gasteiger partial charge is 0.325 e. The van der Waals surface area contributed by atoms with Gasteiger partial charge in [-0.1, -0.05) is 0 Å². The maximum absolute atomic E-state index is 11.9. The molecule has 1 saturated heterocycles. The fourth-order valence-electron chi connectivity index (χ4n) is 3.73. The third-order valence-corrected chi connectivity index (χ3v) is 5.15. The molecule has 1 aliphatic heterocycles. The van der Waals surface area contributed by atoms with E-state index in [1.54, 1.807) is 0 Å². The van der Waals surface area contributed by atoms with E-state index in [1.165, 1.54) is 26.5 Å². The largest absolute Gasteiger partial charge is 0.468 e. The van der Waals surface area contributed by atoms with Crippen LogP contribution in [0.2, 0.25) is 0 Å². The number of nitrogens with two attached hydrogens (primary N) is 1. The van der Waals surface area contributed by atoms with Crippen molar-refractivity contribution in [3.8, 4) is 0 Å². The second-order valence-corrected chi connectivity index (χ2v) is 6.61. The summed E-state index contributed by atoms with van der Waals surface area (Å²) in [6, 6.07) is 1.04. The van der Waals surface area contributed by atoms with Crippen LogP contribution in [-0.4, -0.2) is 67.7 Å². The molecule has 2 N–H and O–H groups in total. The molecule has 116 valence electrons. The fraction of sp³-hybridized carbons (Fsp3) is 0.933. The van der Waals surface area contributed by atoms with Gasteiger partial charge in [-0.3, -0.25) is 4.79 Å². The predicted molar refractivity (Wildman–Crippen MR) is 79.5 cm³/mol. The first-order valence-corrected chi connectivity index (χ1v) is 7.74. The quantitative estimate of drug-likeness (QED) is 0.774. The van der Waals surface area contributed by atoms with Crippen LogP contribution in [0.4, 0.5) is 0 Å². The summed E-state index contributed by atoms with van der Waals surface area (Å²) in [5.74, 6) is -0.256. The Bertz CT molecular complexity index is 350. The zero-order valence-corrected chi connectivity index (χ0v) is 13.1. The summed E-state index contributed by atoms with van der Waals surface area (Å²) >= 11 is 0. The molecule has 0 aromatic carbocycles. The molecule has 0 aromatic rings. The lowest BCUT2D eigenvalue weighted by Gasteiger charge is -2.41. The topological polar surface area (TPSA) is 58.8 Å². The number of carbonyl (C=O) groups excluding carboxylic acids is 1. The van der Waals surface area contributed by atoms with Crippen LogP contribution in [-0.2, 0) is 9.53 Å². The van der Waals surface area contributed by atoms with E-state index in [2.05, 4.69) is 23.9 Å². The summed E-state index contributed by atoms with van der Waals surface area (Å²) in [6.07, 6.45) is 6.16. The van der Waals surface area contributed by atoms with Crippen molar-refractivity contribution in [1.29, 1.82) is 0 Å². The van der Waals surface area contributed by atoms with E-state index in [0.717, 1.165) is 25.8 Å². The minimum Gasteiger partial charge on any atom is -0.468 e. The summed E-state index contributed by atoms with van der Waals surface area (Å²) in [7, 11) is 5.80. The normalized spacial score (nSPS) is 35.5. The van der Waals surface area contributed by atoms with E-state index < -0.39 is 5.54 Å². The first-order valence-electron chi connectivity index (χ1n) is 7.74. The standard InChI is InChI=1S/C15H29N3O2/c1-17-9-5-7-13(17)11-18(2)12-6-4-8-15(16,10-12)14(19)20-3/h12-13H,4-11,16H2,1-3H3. The molecule has 1 saturated carbocycles. The molecule has 0 bridgehead atoms. The van der Waals surface area contributed by atoms with Gasteiger partial charge in [0.15, 0.2) is 0 Å². The number of likely N-dealkylation sites (N-methyl/N-ethyl adjacent to an activating group) is 2. The Morgan fingerprint density at radius 2 is 2.20 bits per heavy atom. The number of likely N-dealkylation sites (tertiary alicyclic amines) is 1. The second-order valence-electron chi connectivity index (χ2n) is 6.61. The molecule has 5 heteroatoms. The van der Waals surface area contributed by atoms with E-state index in [0.29, 0.717) is 18.5 Å². The van der Waals surface area contributed by atoms with Gasteiger partial charge in [0.05, 0.1) is 7.11 Å². The Morgan fingerprint density at radius 1 is 1.45 bits per heavy atom. The minimum atomic E-state index is -0.784. The molecule has 5 nitrogen and oxygen atoms in total. The lowest BCUT2D eigenvalue weighted by molar-refractivity contribution is -0.149. The number of methoxy groups -OCH3 is 1. The molecule has 3 unspecified atom stereocenters. The Labute approximate surface area is 122 Å². The molecule has 2 aliphatic rings.